The summed E-state index contributed by atoms with van der Waals surface area (Å²) in [6.45, 7) is 0.886. The minimum absolute atomic E-state index is 0.659. The number of nitrogens with one attached hydrogen (secondary N) is 1. The number of hydrogen-bond acceptors (Lipinski definition) is 3. The van der Waals surface area contributed by atoms with E-state index in [2.05, 4.69) is 33.6 Å². The summed E-state index contributed by atoms with van der Waals surface area (Å²) in [7, 11) is 1.73. The van der Waals surface area contributed by atoms with Crippen LogP contribution in [0.2, 0.25) is 0 Å². The summed E-state index contributed by atoms with van der Waals surface area (Å²) >= 11 is 5.54. The Bertz CT molecular complexity index is 405. The van der Waals surface area contributed by atoms with Crippen LogP contribution in [0.1, 0.15) is 31.2 Å². The zero-order valence-electron chi connectivity index (χ0n) is 11.6. The second kappa shape index (κ2) is 7.55. The molecule has 1 aliphatic carbocycles. The first kappa shape index (κ1) is 15.2. The van der Waals surface area contributed by atoms with E-state index in [9.17, 15) is 0 Å². The molecule has 0 heterocycles. The Morgan fingerprint density at radius 1 is 1.32 bits per heavy atom. The van der Waals surface area contributed by atoms with Gasteiger partial charge in [-0.2, -0.15) is 11.8 Å². The molecule has 0 radical (unpaired) electrons. The maximum Gasteiger partial charge on any atom is 0.123 e. The van der Waals surface area contributed by atoms with E-state index < -0.39 is 0 Å². The van der Waals surface area contributed by atoms with Gasteiger partial charge in [-0.25, -0.2) is 0 Å². The minimum atomic E-state index is 0.659. The lowest BCUT2D eigenvalue weighted by molar-refractivity contribution is 0.370. The quantitative estimate of drug-likeness (QED) is 0.864. The molecule has 1 N–H and O–H groups in total. The maximum absolute atomic E-state index is 5.41. The monoisotopic (exact) mass is 343 g/mol. The van der Waals surface area contributed by atoms with Gasteiger partial charge in [-0.1, -0.05) is 15.9 Å². The molecule has 106 valence electrons. The molecule has 0 saturated heterocycles. The molecule has 4 heteroatoms. The summed E-state index contributed by atoms with van der Waals surface area (Å²) in [5.41, 5.74) is 1.23. The van der Waals surface area contributed by atoms with Crippen molar-refractivity contribution in [1.29, 1.82) is 0 Å². The van der Waals surface area contributed by atoms with Gasteiger partial charge < -0.3 is 10.1 Å². The topological polar surface area (TPSA) is 21.3 Å². The van der Waals surface area contributed by atoms with Gasteiger partial charge in [0.15, 0.2) is 0 Å². The fourth-order valence-electron chi connectivity index (χ4n) is 2.64. The first-order valence-electron chi connectivity index (χ1n) is 6.81. The highest BCUT2D eigenvalue weighted by Crippen LogP contribution is 2.28. The minimum Gasteiger partial charge on any atom is -0.496 e. The van der Waals surface area contributed by atoms with Crippen LogP contribution in [-0.4, -0.2) is 24.7 Å². The Kier molecular flexibility index (Phi) is 6.05. The second-order valence-electron chi connectivity index (χ2n) is 5.05. The van der Waals surface area contributed by atoms with Crippen LogP contribution in [-0.2, 0) is 6.54 Å². The van der Waals surface area contributed by atoms with Gasteiger partial charge in [0.05, 0.1) is 7.11 Å². The van der Waals surface area contributed by atoms with Crippen LogP contribution in [0.25, 0.3) is 0 Å². The molecule has 2 nitrogen and oxygen atoms in total. The van der Waals surface area contributed by atoms with Crippen molar-refractivity contribution in [3.8, 4) is 5.75 Å². The molecule has 1 aliphatic rings. The van der Waals surface area contributed by atoms with Gasteiger partial charge in [0.25, 0.3) is 0 Å². The van der Waals surface area contributed by atoms with E-state index in [1.807, 2.05) is 23.9 Å². The van der Waals surface area contributed by atoms with E-state index in [4.69, 9.17) is 4.74 Å². The molecular formula is C15H22BrNOS. The highest BCUT2D eigenvalue weighted by Gasteiger charge is 2.20. The third kappa shape index (κ3) is 4.40. The molecule has 0 unspecified atom stereocenters. The van der Waals surface area contributed by atoms with Crippen molar-refractivity contribution >= 4 is 27.7 Å². The predicted molar refractivity (Wildman–Crippen MR) is 87.1 cm³/mol. The second-order valence-corrected chi connectivity index (χ2v) is 7.10. The lowest BCUT2D eigenvalue weighted by Crippen LogP contribution is -2.33. The summed E-state index contributed by atoms with van der Waals surface area (Å²) in [5.74, 6) is 0.966. The summed E-state index contributed by atoms with van der Waals surface area (Å²) in [6.07, 6.45) is 7.50. The SMILES string of the molecule is COc1ccc(Br)cc1CNC1CCC(SC)CC1. The maximum atomic E-state index is 5.41. The fourth-order valence-corrected chi connectivity index (χ4v) is 3.79. The molecule has 2 rings (SSSR count). The van der Waals surface area contributed by atoms with Crippen LogP contribution in [0.15, 0.2) is 22.7 Å². The number of halogens is 1. The number of ether oxygens (including phenoxy) is 1. The van der Waals surface area contributed by atoms with Gasteiger partial charge >= 0.3 is 0 Å². The third-order valence-electron chi connectivity index (χ3n) is 3.83. The average Bonchev–Trinajstić information content (AvgIpc) is 2.46. The third-order valence-corrected chi connectivity index (χ3v) is 5.46. The fraction of sp³-hybridized carbons (Fsp3) is 0.600. The Balaban J connectivity index is 1.87. The van der Waals surface area contributed by atoms with E-state index >= 15 is 0 Å². The van der Waals surface area contributed by atoms with Gasteiger partial charge in [0.2, 0.25) is 0 Å². The number of methoxy groups -OCH3 is 1. The molecular weight excluding hydrogens is 322 g/mol. The smallest absolute Gasteiger partial charge is 0.123 e. The molecule has 0 spiro atoms. The van der Waals surface area contributed by atoms with Gasteiger partial charge in [-0.05, 0) is 50.1 Å². The van der Waals surface area contributed by atoms with Gasteiger partial charge in [0.1, 0.15) is 5.75 Å². The van der Waals surface area contributed by atoms with Gasteiger partial charge in [-0.3, -0.25) is 0 Å². The normalized spacial score (nSPS) is 23.3. The van der Waals surface area contributed by atoms with E-state index in [-0.39, 0.29) is 0 Å². The Hall–Kier alpha value is -0.190. The van der Waals surface area contributed by atoms with E-state index in [0.29, 0.717) is 6.04 Å². The molecule has 1 saturated carbocycles. The van der Waals surface area contributed by atoms with Crippen LogP contribution >= 0.6 is 27.7 Å². The standard InChI is InChI=1S/C15H22BrNOS/c1-18-15-8-3-12(16)9-11(15)10-17-13-4-6-14(19-2)7-5-13/h3,8-9,13-14,17H,4-7,10H2,1-2H3. The first-order chi connectivity index (χ1) is 9.22. The lowest BCUT2D eigenvalue weighted by Gasteiger charge is -2.28. The molecule has 1 fully saturated rings. The molecule has 0 bridgehead atoms. The number of rotatable bonds is 5. The van der Waals surface area contributed by atoms with Gasteiger partial charge in [-0.15, -0.1) is 0 Å². The van der Waals surface area contributed by atoms with Crippen LogP contribution in [0.5, 0.6) is 5.75 Å². The Morgan fingerprint density at radius 3 is 2.68 bits per heavy atom. The van der Waals surface area contributed by atoms with E-state index in [0.717, 1.165) is 22.0 Å². The summed E-state index contributed by atoms with van der Waals surface area (Å²) < 4.78 is 6.52. The van der Waals surface area contributed by atoms with Crippen LogP contribution < -0.4 is 10.1 Å². The summed E-state index contributed by atoms with van der Waals surface area (Å²) in [4.78, 5) is 0. The van der Waals surface area contributed by atoms with Gasteiger partial charge in [0, 0.05) is 27.9 Å². The number of benzene rings is 1. The molecule has 0 aromatic heterocycles. The van der Waals surface area contributed by atoms with E-state index in [1.165, 1.54) is 31.2 Å². The van der Waals surface area contributed by atoms with Crippen molar-refractivity contribution in [3.63, 3.8) is 0 Å². The Labute approximate surface area is 128 Å². The number of thioether (sulfide) groups is 1. The predicted octanol–water partition coefficient (Wildman–Crippen LogP) is 4.22. The summed E-state index contributed by atoms with van der Waals surface area (Å²) in [6, 6.07) is 6.84. The first-order valence-corrected chi connectivity index (χ1v) is 8.89. The molecule has 19 heavy (non-hydrogen) atoms. The molecule has 1 aromatic rings. The van der Waals surface area contributed by atoms with Crippen molar-refractivity contribution in [1.82, 2.24) is 5.32 Å². The number of hydrogen-bond donors (Lipinski definition) is 1. The van der Waals surface area contributed by atoms with Crippen LogP contribution in [0.3, 0.4) is 0 Å². The highest BCUT2D eigenvalue weighted by molar-refractivity contribution is 9.10. The van der Waals surface area contributed by atoms with Crippen molar-refractivity contribution < 1.29 is 4.74 Å². The zero-order valence-corrected chi connectivity index (χ0v) is 14.0. The van der Waals surface area contributed by atoms with Crippen LogP contribution in [0, 0.1) is 0 Å². The molecule has 0 amide bonds. The van der Waals surface area contributed by atoms with Crippen molar-refractivity contribution in [3.05, 3.63) is 28.2 Å². The average molecular weight is 344 g/mol. The molecule has 1 aromatic carbocycles. The van der Waals surface area contributed by atoms with E-state index in [1.54, 1.807) is 7.11 Å². The summed E-state index contributed by atoms with van der Waals surface area (Å²) in [5, 5.41) is 4.55. The van der Waals surface area contributed by atoms with Crippen molar-refractivity contribution in [2.75, 3.05) is 13.4 Å². The molecule has 0 aliphatic heterocycles. The van der Waals surface area contributed by atoms with Crippen molar-refractivity contribution in [2.24, 2.45) is 0 Å². The highest BCUT2D eigenvalue weighted by atomic mass is 79.9. The zero-order chi connectivity index (χ0) is 13.7. The lowest BCUT2D eigenvalue weighted by atomic mass is 9.95. The van der Waals surface area contributed by atoms with Crippen LogP contribution in [0.4, 0.5) is 0 Å². The van der Waals surface area contributed by atoms with Crippen molar-refractivity contribution in [2.45, 2.75) is 43.5 Å². The Morgan fingerprint density at radius 2 is 2.05 bits per heavy atom. The molecule has 0 atom stereocenters. The largest absolute Gasteiger partial charge is 0.496 e.